The number of phenolic OH excluding ortho intramolecular Hbond substituents is 3. The second-order valence-electron chi connectivity index (χ2n) is 6.22. The summed E-state index contributed by atoms with van der Waals surface area (Å²) in [6, 6.07) is 20.1. The van der Waals surface area contributed by atoms with Crippen LogP contribution in [0.2, 0.25) is 0 Å². The number of phenols is 3. The van der Waals surface area contributed by atoms with Crippen molar-refractivity contribution in [3.05, 3.63) is 89.5 Å². The van der Waals surface area contributed by atoms with Crippen LogP contribution in [0.3, 0.4) is 0 Å². The molecule has 28 heavy (non-hydrogen) atoms. The van der Waals surface area contributed by atoms with E-state index in [0.717, 1.165) is 16.7 Å². The third kappa shape index (κ3) is 6.28. The average Bonchev–Trinajstić information content (AvgIpc) is 2.71. The van der Waals surface area contributed by atoms with Gasteiger partial charge in [-0.05, 0) is 53.1 Å². The Labute approximate surface area is 163 Å². The van der Waals surface area contributed by atoms with Crippen LogP contribution >= 0.6 is 0 Å². The first-order valence-corrected chi connectivity index (χ1v) is 8.77. The van der Waals surface area contributed by atoms with Crippen LogP contribution in [0.5, 0.6) is 17.2 Å². The van der Waals surface area contributed by atoms with Crippen LogP contribution in [0.25, 0.3) is 0 Å². The molecular formula is C22H22O6. The lowest BCUT2D eigenvalue weighted by Gasteiger charge is -2.19. The van der Waals surface area contributed by atoms with Gasteiger partial charge in [0.25, 0.3) is 6.48 Å². The number of aromatic hydroxyl groups is 3. The van der Waals surface area contributed by atoms with E-state index in [1.165, 1.54) is 0 Å². The molecule has 3 N–H and O–H groups in total. The summed E-state index contributed by atoms with van der Waals surface area (Å²) in [6.45, 7) is -0.182. The van der Waals surface area contributed by atoms with Gasteiger partial charge >= 0.3 is 0 Å². The molecule has 0 fully saturated rings. The quantitative estimate of drug-likeness (QED) is 0.484. The molecular weight excluding hydrogens is 360 g/mol. The van der Waals surface area contributed by atoms with Crippen molar-refractivity contribution >= 4 is 0 Å². The zero-order valence-electron chi connectivity index (χ0n) is 15.2. The molecule has 0 radical (unpaired) electrons. The third-order valence-corrected chi connectivity index (χ3v) is 3.97. The highest BCUT2D eigenvalue weighted by molar-refractivity contribution is 5.26. The largest absolute Gasteiger partial charge is 0.508 e. The van der Waals surface area contributed by atoms with Gasteiger partial charge in [-0.15, -0.1) is 0 Å². The van der Waals surface area contributed by atoms with E-state index in [-0.39, 0.29) is 37.1 Å². The highest BCUT2D eigenvalue weighted by Gasteiger charge is 2.12. The molecule has 0 bridgehead atoms. The van der Waals surface area contributed by atoms with Crippen molar-refractivity contribution < 1.29 is 29.5 Å². The Morgan fingerprint density at radius 1 is 0.464 bits per heavy atom. The van der Waals surface area contributed by atoms with Crippen molar-refractivity contribution in [2.45, 2.75) is 26.3 Å². The van der Waals surface area contributed by atoms with Gasteiger partial charge in [0, 0.05) is 0 Å². The monoisotopic (exact) mass is 382 g/mol. The molecule has 0 spiro atoms. The summed E-state index contributed by atoms with van der Waals surface area (Å²) in [5, 5.41) is 28.1. The Bertz CT molecular complexity index is 726. The first-order chi connectivity index (χ1) is 13.6. The van der Waals surface area contributed by atoms with Crippen LogP contribution < -0.4 is 0 Å². The maximum atomic E-state index is 9.37. The van der Waals surface area contributed by atoms with Gasteiger partial charge in [-0.25, -0.2) is 0 Å². The van der Waals surface area contributed by atoms with E-state index >= 15 is 0 Å². The molecule has 0 aromatic heterocycles. The number of rotatable bonds is 9. The van der Waals surface area contributed by atoms with Crippen LogP contribution in [0.1, 0.15) is 16.7 Å². The molecule has 0 saturated heterocycles. The molecule has 146 valence electrons. The van der Waals surface area contributed by atoms with E-state index in [2.05, 4.69) is 0 Å². The summed E-state index contributed by atoms with van der Waals surface area (Å²) in [4.78, 5) is 0. The maximum absolute atomic E-state index is 9.37. The number of benzene rings is 3. The molecule has 3 aromatic carbocycles. The number of hydrogen-bond acceptors (Lipinski definition) is 6. The summed E-state index contributed by atoms with van der Waals surface area (Å²) >= 11 is 0. The lowest BCUT2D eigenvalue weighted by Crippen LogP contribution is -2.21. The molecule has 3 aromatic rings. The molecule has 0 saturated carbocycles. The van der Waals surface area contributed by atoms with Crippen molar-refractivity contribution in [3.8, 4) is 17.2 Å². The van der Waals surface area contributed by atoms with Gasteiger partial charge in [-0.3, -0.25) is 0 Å². The minimum atomic E-state index is -0.920. The zero-order valence-corrected chi connectivity index (χ0v) is 15.2. The fourth-order valence-corrected chi connectivity index (χ4v) is 2.41. The second-order valence-corrected chi connectivity index (χ2v) is 6.22. The number of hydrogen-bond donors (Lipinski definition) is 3. The molecule has 3 rings (SSSR count). The van der Waals surface area contributed by atoms with Crippen molar-refractivity contribution in [1.29, 1.82) is 0 Å². The van der Waals surface area contributed by atoms with E-state index in [1.54, 1.807) is 72.8 Å². The van der Waals surface area contributed by atoms with E-state index in [0.29, 0.717) is 0 Å². The molecule has 0 heterocycles. The van der Waals surface area contributed by atoms with Crippen molar-refractivity contribution in [2.75, 3.05) is 0 Å². The van der Waals surface area contributed by atoms with Gasteiger partial charge < -0.3 is 29.5 Å². The van der Waals surface area contributed by atoms with Crippen LogP contribution in [0.15, 0.2) is 72.8 Å². The standard InChI is InChI=1S/C22H22O6/c23-19-7-1-16(2-8-19)13-26-22(27-14-17-3-9-20(24)10-4-17)28-15-18-5-11-21(25)12-6-18/h1-12,22-25H,13-15H2. The second kappa shape index (κ2) is 9.75. The van der Waals surface area contributed by atoms with Crippen molar-refractivity contribution in [2.24, 2.45) is 0 Å². The average molecular weight is 382 g/mol. The van der Waals surface area contributed by atoms with Gasteiger partial charge in [0.2, 0.25) is 0 Å². The molecule has 0 unspecified atom stereocenters. The maximum Gasteiger partial charge on any atom is 0.272 e. The molecule has 6 heteroatoms. The molecule has 0 aliphatic heterocycles. The Hall–Kier alpha value is -3.06. The fraction of sp³-hybridized carbons (Fsp3) is 0.182. The van der Waals surface area contributed by atoms with E-state index in [4.69, 9.17) is 14.2 Å². The Balaban J connectivity index is 1.58. The third-order valence-electron chi connectivity index (χ3n) is 3.97. The van der Waals surface area contributed by atoms with Crippen LogP contribution in [0.4, 0.5) is 0 Å². The molecule has 6 nitrogen and oxygen atoms in total. The predicted molar refractivity (Wildman–Crippen MR) is 102 cm³/mol. The van der Waals surface area contributed by atoms with E-state index < -0.39 is 6.48 Å². The van der Waals surface area contributed by atoms with Crippen molar-refractivity contribution in [1.82, 2.24) is 0 Å². The van der Waals surface area contributed by atoms with Crippen LogP contribution in [0, 0.1) is 0 Å². The summed E-state index contributed by atoms with van der Waals surface area (Å²) in [5.74, 6) is 0.562. The SMILES string of the molecule is Oc1ccc(COC(OCc2ccc(O)cc2)OCc2ccc(O)cc2)cc1. The normalized spacial score (nSPS) is 11.0. The summed E-state index contributed by atoms with van der Waals surface area (Å²) in [6.07, 6.45) is 0. The topological polar surface area (TPSA) is 88.4 Å². The molecule has 0 amide bonds. The van der Waals surface area contributed by atoms with E-state index in [9.17, 15) is 15.3 Å². The van der Waals surface area contributed by atoms with Gasteiger partial charge in [0.15, 0.2) is 0 Å². The lowest BCUT2D eigenvalue weighted by molar-refractivity contribution is -0.302. The minimum Gasteiger partial charge on any atom is -0.508 e. The van der Waals surface area contributed by atoms with Gasteiger partial charge in [-0.2, -0.15) is 0 Å². The van der Waals surface area contributed by atoms with Gasteiger partial charge in [0.05, 0.1) is 19.8 Å². The Morgan fingerprint density at radius 2 is 0.714 bits per heavy atom. The molecule has 0 aliphatic rings. The first-order valence-electron chi connectivity index (χ1n) is 8.77. The smallest absolute Gasteiger partial charge is 0.272 e. The van der Waals surface area contributed by atoms with Gasteiger partial charge in [-0.1, -0.05) is 36.4 Å². The van der Waals surface area contributed by atoms with Gasteiger partial charge in [0.1, 0.15) is 17.2 Å². The van der Waals surface area contributed by atoms with Crippen molar-refractivity contribution in [3.63, 3.8) is 0 Å². The number of ether oxygens (including phenoxy) is 3. The highest BCUT2D eigenvalue weighted by atomic mass is 16.8. The Morgan fingerprint density at radius 3 is 0.964 bits per heavy atom. The Kier molecular flexibility index (Phi) is 6.86. The lowest BCUT2D eigenvalue weighted by atomic mass is 10.2. The van der Waals surface area contributed by atoms with Crippen LogP contribution in [-0.4, -0.2) is 21.8 Å². The zero-order chi connectivity index (χ0) is 19.8. The minimum absolute atomic E-state index is 0.187. The summed E-state index contributed by atoms with van der Waals surface area (Å²) < 4.78 is 17.2. The van der Waals surface area contributed by atoms with E-state index in [1.807, 2.05) is 0 Å². The predicted octanol–water partition coefficient (Wildman–Crippen LogP) is 4.04. The molecule has 0 aliphatic carbocycles. The summed E-state index contributed by atoms with van der Waals surface area (Å²) in [5.41, 5.74) is 2.60. The highest BCUT2D eigenvalue weighted by Crippen LogP contribution is 2.16. The van der Waals surface area contributed by atoms with Crippen LogP contribution in [-0.2, 0) is 34.0 Å². The summed E-state index contributed by atoms with van der Waals surface area (Å²) in [7, 11) is 0. The fourth-order valence-electron chi connectivity index (χ4n) is 2.41. The molecule has 0 atom stereocenters. The first kappa shape index (κ1) is 19.7.